The highest BCUT2D eigenvalue weighted by molar-refractivity contribution is 5.65. The van der Waals surface area contributed by atoms with E-state index < -0.39 is 0 Å². The lowest BCUT2D eigenvalue weighted by molar-refractivity contribution is 0.270. The van der Waals surface area contributed by atoms with Crippen molar-refractivity contribution in [2.45, 2.75) is 6.92 Å². The average Bonchev–Trinajstić information content (AvgIpc) is 2.68. The molecule has 8 heteroatoms. The summed E-state index contributed by atoms with van der Waals surface area (Å²) in [6.45, 7) is 7.21. The van der Waals surface area contributed by atoms with Gasteiger partial charge in [-0.15, -0.1) is 5.10 Å². The second-order valence-corrected chi connectivity index (χ2v) is 5.75. The summed E-state index contributed by atoms with van der Waals surface area (Å²) < 4.78 is 10.6. The van der Waals surface area contributed by atoms with E-state index in [-0.39, 0.29) is 0 Å². The van der Waals surface area contributed by atoms with E-state index in [2.05, 4.69) is 37.2 Å². The van der Waals surface area contributed by atoms with Gasteiger partial charge in [0.1, 0.15) is 11.5 Å². The topological polar surface area (TPSA) is 75.6 Å². The second kappa shape index (κ2) is 7.98. The van der Waals surface area contributed by atoms with Crippen LogP contribution < -0.4 is 19.7 Å². The van der Waals surface area contributed by atoms with E-state index in [0.29, 0.717) is 11.7 Å². The molecule has 2 heterocycles. The van der Waals surface area contributed by atoms with Crippen LogP contribution in [0.4, 0.5) is 17.5 Å². The van der Waals surface area contributed by atoms with Gasteiger partial charge in [-0.1, -0.05) is 6.92 Å². The fourth-order valence-corrected chi connectivity index (χ4v) is 2.83. The first kappa shape index (κ1) is 17.2. The number of piperazine rings is 1. The summed E-state index contributed by atoms with van der Waals surface area (Å²) >= 11 is 0. The van der Waals surface area contributed by atoms with Crippen molar-refractivity contribution in [2.24, 2.45) is 0 Å². The Morgan fingerprint density at radius 3 is 2.60 bits per heavy atom. The van der Waals surface area contributed by atoms with Crippen molar-refractivity contribution >= 4 is 17.5 Å². The molecule has 0 bridgehead atoms. The summed E-state index contributed by atoms with van der Waals surface area (Å²) in [5, 5.41) is 11.3. The standard InChI is InChI=1S/C17H24N6O2/c1-4-22-7-9-23(10-8-22)16-12-18-21-17(20-16)19-14-11-13(24-2)5-6-15(14)25-3/h5-6,11-12H,4,7-10H2,1-3H3,(H,19,20,21). The van der Waals surface area contributed by atoms with Gasteiger partial charge in [-0.05, 0) is 18.7 Å². The van der Waals surface area contributed by atoms with Gasteiger partial charge < -0.3 is 24.6 Å². The molecule has 25 heavy (non-hydrogen) atoms. The summed E-state index contributed by atoms with van der Waals surface area (Å²) in [6, 6.07) is 5.52. The number of hydrogen-bond acceptors (Lipinski definition) is 8. The Morgan fingerprint density at radius 2 is 1.92 bits per heavy atom. The van der Waals surface area contributed by atoms with Gasteiger partial charge in [0.2, 0.25) is 5.95 Å². The van der Waals surface area contributed by atoms with Crippen molar-refractivity contribution in [3.8, 4) is 11.5 Å². The van der Waals surface area contributed by atoms with E-state index >= 15 is 0 Å². The minimum Gasteiger partial charge on any atom is -0.497 e. The van der Waals surface area contributed by atoms with Crippen LogP contribution in [0, 0.1) is 0 Å². The highest BCUT2D eigenvalue weighted by atomic mass is 16.5. The molecule has 0 spiro atoms. The van der Waals surface area contributed by atoms with Crippen molar-refractivity contribution in [3.05, 3.63) is 24.4 Å². The van der Waals surface area contributed by atoms with Crippen molar-refractivity contribution in [1.29, 1.82) is 0 Å². The van der Waals surface area contributed by atoms with Crippen LogP contribution in [0.5, 0.6) is 11.5 Å². The van der Waals surface area contributed by atoms with Crippen molar-refractivity contribution in [3.63, 3.8) is 0 Å². The highest BCUT2D eigenvalue weighted by Crippen LogP contribution is 2.30. The third-order valence-electron chi connectivity index (χ3n) is 4.34. The predicted molar refractivity (Wildman–Crippen MR) is 97.0 cm³/mol. The van der Waals surface area contributed by atoms with Crippen LogP contribution >= 0.6 is 0 Å². The molecule has 0 saturated carbocycles. The fourth-order valence-electron chi connectivity index (χ4n) is 2.83. The molecule has 0 aliphatic carbocycles. The lowest BCUT2D eigenvalue weighted by atomic mass is 10.2. The molecule has 1 N–H and O–H groups in total. The molecule has 2 aromatic rings. The molecule has 0 unspecified atom stereocenters. The van der Waals surface area contributed by atoms with Gasteiger partial charge in [0.15, 0.2) is 5.82 Å². The van der Waals surface area contributed by atoms with Gasteiger partial charge in [0.25, 0.3) is 0 Å². The van der Waals surface area contributed by atoms with E-state index in [1.807, 2.05) is 18.2 Å². The molecular formula is C17H24N6O2. The SMILES string of the molecule is CCN1CCN(c2cnnc(Nc3cc(OC)ccc3OC)n2)CC1. The third kappa shape index (κ3) is 4.08. The van der Waals surface area contributed by atoms with Crippen LogP contribution in [-0.4, -0.2) is 67.0 Å². The number of ether oxygens (including phenoxy) is 2. The maximum absolute atomic E-state index is 5.38. The Kier molecular flexibility index (Phi) is 5.49. The van der Waals surface area contributed by atoms with Crippen molar-refractivity contribution in [1.82, 2.24) is 20.1 Å². The molecule has 3 rings (SSSR count). The first-order valence-corrected chi connectivity index (χ1v) is 8.39. The minimum atomic E-state index is 0.432. The Hall–Kier alpha value is -2.61. The van der Waals surface area contributed by atoms with E-state index in [1.54, 1.807) is 20.4 Å². The van der Waals surface area contributed by atoms with Crippen molar-refractivity contribution in [2.75, 3.05) is 57.2 Å². The molecule has 1 aromatic carbocycles. The van der Waals surface area contributed by atoms with Crippen LogP contribution in [0.1, 0.15) is 6.92 Å². The number of likely N-dealkylation sites (N-methyl/N-ethyl adjacent to an activating group) is 1. The van der Waals surface area contributed by atoms with Gasteiger partial charge >= 0.3 is 0 Å². The Labute approximate surface area is 147 Å². The number of hydrogen-bond donors (Lipinski definition) is 1. The molecule has 0 radical (unpaired) electrons. The third-order valence-corrected chi connectivity index (χ3v) is 4.34. The summed E-state index contributed by atoms with van der Waals surface area (Å²) in [5.74, 6) is 2.67. The number of rotatable bonds is 6. The Morgan fingerprint density at radius 1 is 1.12 bits per heavy atom. The van der Waals surface area contributed by atoms with Crippen LogP contribution in [0.25, 0.3) is 0 Å². The maximum atomic E-state index is 5.38. The number of benzene rings is 1. The quantitative estimate of drug-likeness (QED) is 0.850. The van der Waals surface area contributed by atoms with E-state index in [9.17, 15) is 0 Å². The first-order chi connectivity index (χ1) is 12.2. The molecule has 1 aliphatic rings. The molecule has 1 aromatic heterocycles. The van der Waals surface area contributed by atoms with Gasteiger partial charge in [-0.2, -0.15) is 10.1 Å². The van der Waals surface area contributed by atoms with Gasteiger partial charge in [0.05, 0.1) is 26.1 Å². The Bertz CT molecular complexity index is 703. The number of anilines is 3. The minimum absolute atomic E-state index is 0.432. The molecule has 134 valence electrons. The average molecular weight is 344 g/mol. The molecule has 1 aliphatic heterocycles. The van der Waals surface area contributed by atoms with Gasteiger partial charge in [-0.25, -0.2) is 0 Å². The molecular weight excluding hydrogens is 320 g/mol. The van der Waals surface area contributed by atoms with Crippen molar-refractivity contribution < 1.29 is 9.47 Å². The summed E-state index contributed by atoms with van der Waals surface area (Å²) in [5.41, 5.74) is 0.733. The van der Waals surface area contributed by atoms with E-state index in [4.69, 9.17) is 9.47 Å². The molecule has 0 atom stereocenters. The molecule has 1 saturated heterocycles. The molecule has 0 amide bonds. The number of aromatic nitrogens is 3. The predicted octanol–water partition coefficient (Wildman–Crippen LogP) is 1.77. The zero-order valence-corrected chi connectivity index (χ0v) is 14.9. The lowest BCUT2D eigenvalue weighted by Crippen LogP contribution is -2.46. The van der Waals surface area contributed by atoms with Crippen LogP contribution in [0.3, 0.4) is 0 Å². The Balaban J connectivity index is 1.76. The lowest BCUT2D eigenvalue weighted by Gasteiger charge is -2.34. The second-order valence-electron chi connectivity index (χ2n) is 5.75. The zero-order valence-electron chi connectivity index (χ0n) is 14.9. The highest BCUT2D eigenvalue weighted by Gasteiger charge is 2.18. The monoisotopic (exact) mass is 344 g/mol. The number of methoxy groups -OCH3 is 2. The summed E-state index contributed by atoms with van der Waals surface area (Å²) in [4.78, 5) is 9.25. The van der Waals surface area contributed by atoms with Gasteiger partial charge in [0, 0.05) is 32.2 Å². The van der Waals surface area contributed by atoms with E-state index in [0.717, 1.165) is 50.0 Å². The van der Waals surface area contributed by atoms with Crippen LogP contribution in [0.15, 0.2) is 24.4 Å². The number of nitrogens with zero attached hydrogens (tertiary/aromatic N) is 5. The number of nitrogens with one attached hydrogen (secondary N) is 1. The van der Waals surface area contributed by atoms with Crippen LogP contribution in [0.2, 0.25) is 0 Å². The molecule has 1 fully saturated rings. The van der Waals surface area contributed by atoms with Gasteiger partial charge in [-0.3, -0.25) is 0 Å². The maximum Gasteiger partial charge on any atom is 0.249 e. The zero-order chi connectivity index (χ0) is 17.6. The smallest absolute Gasteiger partial charge is 0.249 e. The summed E-state index contributed by atoms with van der Waals surface area (Å²) in [7, 11) is 3.25. The largest absolute Gasteiger partial charge is 0.497 e. The fraction of sp³-hybridized carbons (Fsp3) is 0.471. The normalized spacial score (nSPS) is 15.1. The van der Waals surface area contributed by atoms with Crippen LogP contribution in [-0.2, 0) is 0 Å². The van der Waals surface area contributed by atoms with E-state index in [1.165, 1.54) is 0 Å². The first-order valence-electron chi connectivity index (χ1n) is 8.39. The molecule has 8 nitrogen and oxygen atoms in total. The summed E-state index contributed by atoms with van der Waals surface area (Å²) in [6.07, 6.45) is 1.70.